The molecule has 1 atom stereocenters. The summed E-state index contributed by atoms with van der Waals surface area (Å²) < 4.78 is 5.21. The van der Waals surface area contributed by atoms with Crippen LogP contribution in [0.2, 0.25) is 0 Å². The number of rotatable bonds is 4. The van der Waals surface area contributed by atoms with Gasteiger partial charge in [-0.25, -0.2) is 4.79 Å². The van der Waals surface area contributed by atoms with Gasteiger partial charge in [-0.05, 0) is 25.8 Å². The Labute approximate surface area is 136 Å². The Morgan fingerprint density at radius 3 is 2.92 bits per heavy atom. The zero-order valence-corrected chi connectivity index (χ0v) is 12.9. The second-order valence-corrected chi connectivity index (χ2v) is 5.90. The number of hydrogen-bond donors (Lipinski definition) is 2. The van der Waals surface area contributed by atoms with Crippen molar-refractivity contribution >= 4 is 16.8 Å². The first kappa shape index (κ1) is 14.6. The SMILES string of the molecule is C[C@H](NC(=O)c1nc(=O)[nH]c2ccccc12)c1nc(C2CC2)no1. The Morgan fingerprint density at radius 1 is 1.33 bits per heavy atom. The summed E-state index contributed by atoms with van der Waals surface area (Å²) in [5, 5.41) is 7.26. The van der Waals surface area contributed by atoms with E-state index in [4.69, 9.17) is 4.52 Å². The topological polar surface area (TPSA) is 114 Å². The first-order valence-electron chi connectivity index (χ1n) is 7.75. The van der Waals surface area contributed by atoms with Gasteiger partial charge in [0.1, 0.15) is 11.7 Å². The number of H-pyrrole nitrogens is 1. The molecule has 1 saturated carbocycles. The first-order chi connectivity index (χ1) is 11.6. The molecule has 1 aliphatic rings. The van der Waals surface area contributed by atoms with Crippen LogP contribution in [0.15, 0.2) is 33.6 Å². The molecule has 2 aromatic heterocycles. The lowest BCUT2D eigenvalue weighted by Crippen LogP contribution is -2.30. The van der Waals surface area contributed by atoms with Gasteiger partial charge in [0.2, 0.25) is 5.89 Å². The summed E-state index contributed by atoms with van der Waals surface area (Å²) in [4.78, 5) is 34.9. The normalized spacial score (nSPS) is 15.4. The standard InChI is InChI=1S/C16H15N5O3/c1-8(15-20-13(21-24-15)9-6-7-9)17-14(22)12-10-4-2-3-5-11(10)18-16(23)19-12/h2-5,8-9H,6-7H2,1H3,(H,17,22)(H,18,19,23)/t8-/m0/s1. The van der Waals surface area contributed by atoms with E-state index >= 15 is 0 Å². The third kappa shape index (κ3) is 2.66. The highest BCUT2D eigenvalue weighted by Crippen LogP contribution is 2.38. The number of carbonyl (C=O) groups is 1. The number of nitrogens with zero attached hydrogens (tertiary/aromatic N) is 3. The molecule has 0 aliphatic heterocycles. The molecule has 3 aromatic rings. The van der Waals surface area contributed by atoms with Crippen molar-refractivity contribution in [3.05, 3.63) is 52.2 Å². The lowest BCUT2D eigenvalue weighted by atomic mass is 10.1. The van der Waals surface area contributed by atoms with Crippen molar-refractivity contribution in [1.29, 1.82) is 0 Å². The Bertz CT molecular complexity index is 973. The van der Waals surface area contributed by atoms with Gasteiger partial charge in [-0.15, -0.1) is 0 Å². The molecule has 0 spiro atoms. The van der Waals surface area contributed by atoms with E-state index in [-0.39, 0.29) is 5.69 Å². The molecule has 2 N–H and O–H groups in total. The van der Waals surface area contributed by atoms with Crippen molar-refractivity contribution in [2.75, 3.05) is 0 Å². The van der Waals surface area contributed by atoms with Crippen LogP contribution in [0.1, 0.15) is 53.9 Å². The van der Waals surface area contributed by atoms with Crippen molar-refractivity contribution in [2.24, 2.45) is 0 Å². The minimum Gasteiger partial charge on any atom is -0.339 e. The Balaban J connectivity index is 1.60. The number of fused-ring (bicyclic) bond motifs is 1. The van der Waals surface area contributed by atoms with Gasteiger partial charge in [0.15, 0.2) is 5.82 Å². The molecular weight excluding hydrogens is 310 g/mol. The fourth-order valence-electron chi connectivity index (χ4n) is 2.53. The van der Waals surface area contributed by atoms with Gasteiger partial charge < -0.3 is 14.8 Å². The number of benzene rings is 1. The maximum Gasteiger partial charge on any atom is 0.346 e. The average molecular weight is 325 g/mol. The summed E-state index contributed by atoms with van der Waals surface area (Å²) >= 11 is 0. The second-order valence-electron chi connectivity index (χ2n) is 5.90. The molecule has 0 radical (unpaired) electrons. The maximum atomic E-state index is 12.5. The highest BCUT2D eigenvalue weighted by molar-refractivity contribution is 6.04. The van der Waals surface area contributed by atoms with Gasteiger partial charge in [-0.3, -0.25) is 4.79 Å². The molecule has 8 heteroatoms. The van der Waals surface area contributed by atoms with Gasteiger partial charge in [0.25, 0.3) is 5.91 Å². The molecule has 8 nitrogen and oxygen atoms in total. The number of aromatic amines is 1. The zero-order valence-electron chi connectivity index (χ0n) is 12.9. The fraction of sp³-hybridized carbons (Fsp3) is 0.312. The van der Waals surface area contributed by atoms with Crippen LogP contribution in [-0.4, -0.2) is 26.0 Å². The smallest absolute Gasteiger partial charge is 0.339 e. The molecule has 1 fully saturated rings. The van der Waals surface area contributed by atoms with E-state index < -0.39 is 17.6 Å². The Morgan fingerprint density at radius 2 is 2.12 bits per heavy atom. The summed E-state index contributed by atoms with van der Waals surface area (Å²) in [6.45, 7) is 1.75. The van der Waals surface area contributed by atoms with E-state index in [0.29, 0.717) is 28.5 Å². The molecule has 24 heavy (non-hydrogen) atoms. The summed E-state index contributed by atoms with van der Waals surface area (Å²) in [5.74, 6) is 0.949. The Kier molecular flexibility index (Phi) is 3.37. The minimum atomic E-state index is -0.569. The van der Waals surface area contributed by atoms with Crippen LogP contribution in [-0.2, 0) is 0 Å². The molecule has 0 unspecified atom stereocenters. The van der Waals surface area contributed by atoms with Crippen LogP contribution < -0.4 is 11.0 Å². The molecule has 4 rings (SSSR count). The predicted molar refractivity (Wildman–Crippen MR) is 84.5 cm³/mol. The summed E-state index contributed by atoms with van der Waals surface area (Å²) in [5.41, 5.74) is 0.0626. The number of aromatic nitrogens is 4. The number of carbonyl (C=O) groups excluding carboxylic acids is 1. The van der Waals surface area contributed by atoms with Crippen LogP contribution in [0.3, 0.4) is 0 Å². The van der Waals surface area contributed by atoms with Crippen LogP contribution in [0.25, 0.3) is 10.9 Å². The molecule has 0 saturated heterocycles. The quantitative estimate of drug-likeness (QED) is 0.754. The highest BCUT2D eigenvalue weighted by atomic mass is 16.5. The minimum absolute atomic E-state index is 0.0723. The molecule has 1 aromatic carbocycles. The number of para-hydroxylation sites is 1. The molecule has 2 heterocycles. The van der Waals surface area contributed by atoms with Gasteiger partial charge in [0, 0.05) is 11.3 Å². The third-order valence-corrected chi connectivity index (χ3v) is 3.97. The monoisotopic (exact) mass is 325 g/mol. The van der Waals surface area contributed by atoms with Crippen LogP contribution >= 0.6 is 0 Å². The summed E-state index contributed by atoms with van der Waals surface area (Å²) in [7, 11) is 0. The molecular formula is C16H15N5O3. The highest BCUT2D eigenvalue weighted by Gasteiger charge is 2.30. The van der Waals surface area contributed by atoms with Crippen LogP contribution in [0.4, 0.5) is 0 Å². The van der Waals surface area contributed by atoms with Gasteiger partial charge in [-0.2, -0.15) is 9.97 Å². The van der Waals surface area contributed by atoms with Crippen molar-refractivity contribution in [3.63, 3.8) is 0 Å². The predicted octanol–water partition coefficient (Wildman–Crippen LogP) is 1.67. The van der Waals surface area contributed by atoms with Crippen molar-refractivity contribution in [2.45, 2.75) is 31.7 Å². The molecule has 1 amide bonds. The third-order valence-electron chi connectivity index (χ3n) is 3.97. The number of amides is 1. The van der Waals surface area contributed by atoms with E-state index in [1.807, 2.05) is 0 Å². The maximum absolute atomic E-state index is 12.5. The van der Waals surface area contributed by atoms with Crippen molar-refractivity contribution < 1.29 is 9.32 Å². The van der Waals surface area contributed by atoms with Gasteiger partial charge in [0.05, 0.1) is 5.52 Å². The van der Waals surface area contributed by atoms with Crippen LogP contribution in [0.5, 0.6) is 0 Å². The van der Waals surface area contributed by atoms with E-state index in [0.717, 1.165) is 12.8 Å². The molecule has 0 bridgehead atoms. The van der Waals surface area contributed by atoms with Crippen LogP contribution in [0, 0.1) is 0 Å². The van der Waals surface area contributed by atoms with Gasteiger partial charge in [-0.1, -0.05) is 23.4 Å². The summed E-state index contributed by atoms with van der Waals surface area (Å²) in [6.07, 6.45) is 2.14. The molecule has 1 aliphatic carbocycles. The fourth-order valence-corrected chi connectivity index (χ4v) is 2.53. The van der Waals surface area contributed by atoms with E-state index in [2.05, 4.69) is 25.4 Å². The van der Waals surface area contributed by atoms with E-state index in [1.165, 1.54) is 0 Å². The zero-order chi connectivity index (χ0) is 16.7. The van der Waals surface area contributed by atoms with E-state index in [1.54, 1.807) is 31.2 Å². The average Bonchev–Trinajstić information content (AvgIpc) is 3.30. The molecule has 122 valence electrons. The summed E-state index contributed by atoms with van der Waals surface area (Å²) in [6, 6.07) is 6.54. The van der Waals surface area contributed by atoms with Crippen molar-refractivity contribution in [1.82, 2.24) is 25.4 Å². The van der Waals surface area contributed by atoms with Gasteiger partial charge >= 0.3 is 5.69 Å². The van der Waals surface area contributed by atoms with E-state index in [9.17, 15) is 9.59 Å². The lowest BCUT2D eigenvalue weighted by Gasteiger charge is -2.10. The largest absolute Gasteiger partial charge is 0.346 e. The lowest BCUT2D eigenvalue weighted by molar-refractivity contribution is 0.0929. The number of hydrogen-bond acceptors (Lipinski definition) is 6. The Hall–Kier alpha value is -3.03. The second kappa shape index (κ2) is 5.55. The van der Waals surface area contributed by atoms with Crippen molar-refractivity contribution in [3.8, 4) is 0 Å². The first-order valence-corrected chi connectivity index (χ1v) is 7.75. The number of nitrogens with one attached hydrogen (secondary N) is 2.